The Balaban J connectivity index is 1.36. The number of aryl methyl sites for hydroxylation is 2. The number of aromatic nitrogens is 2. The standard InChI is InChI=1S/C24H23ClN4OS/c1-16-8-9-18(25)14-21(16)27-10-12-28(13-11-27)23(30)22-15-20-17(2)26-29(24(20)31-22)19-6-4-3-5-7-19/h3-9,14-15H,10-13H2,1-2H3. The van der Waals surface area contributed by atoms with Gasteiger partial charge in [-0.3, -0.25) is 4.79 Å². The fourth-order valence-corrected chi connectivity index (χ4v) is 5.44. The van der Waals surface area contributed by atoms with Gasteiger partial charge in [0.1, 0.15) is 4.83 Å². The van der Waals surface area contributed by atoms with Crippen LogP contribution in [0.5, 0.6) is 0 Å². The number of halogens is 1. The molecule has 0 N–H and O–H groups in total. The van der Waals surface area contributed by atoms with Crippen LogP contribution < -0.4 is 4.90 Å². The molecule has 1 aliphatic rings. The van der Waals surface area contributed by atoms with Gasteiger partial charge in [-0.1, -0.05) is 35.9 Å². The molecule has 1 fully saturated rings. The minimum Gasteiger partial charge on any atom is -0.368 e. The number of rotatable bonds is 3. The molecular weight excluding hydrogens is 428 g/mol. The van der Waals surface area contributed by atoms with E-state index >= 15 is 0 Å². The Hall–Kier alpha value is -2.83. The van der Waals surface area contributed by atoms with E-state index in [0.717, 1.165) is 50.3 Å². The smallest absolute Gasteiger partial charge is 0.264 e. The van der Waals surface area contributed by atoms with E-state index in [4.69, 9.17) is 11.6 Å². The van der Waals surface area contributed by atoms with Crippen molar-refractivity contribution in [2.45, 2.75) is 13.8 Å². The maximum Gasteiger partial charge on any atom is 0.264 e. The first-order valence-corrected chi connectivity index (χ1v) is 11.6. The maximum atomic E-state index is 13.3. The Labute approximate surface area is 190 Å². The molecule has 0 atom stereocenters. The zero-order chi connectivity index (χ0) is 21.5. The number of nitrogens with zero attached hydrogens (tertiary/aromatic N) is 4. The van der Waals surface area contributed by atoms with Crippen LogP contribution in [0.15, 0.2) is 54.6 Å². The van der Waals surface area contributed by atoms with E-state index in [0.29, 0.717) is 13.1 Å². The van der Waals surface area contributed by atoms with Crippen LogP contribution in [0.3, 0.4) is 0 Å². The number of piperazine rings is 1. The number of hydrogen-bond donors (Lipinski definition) is 0. The summed E-state index contributed by atoms with van der Waals surface area (Å²) < 4.78 is 1.94. The molecule has 5 nitrogen and oxygen atoms in total. The Morgan fingerprint density at radius 2 is 1.74 bits per heavy atom. The van der Waals surface area contributed by atoms with E-state index in [-0.39, 0.29) is 5.91 Å². The minimum absolute atomic E-state index is 0.0997. The lowest BCUT2D eigenvalue weighted by Gasteiger charge is -2.36. The van der Waals surface area contributed by atoms with Gasteiger partial charge in [-0.15, -0.1) is 11.3 Å². The highest BCUT2D eigenvalue weighted by molar-refractivity contribution is 7.20. The second kappa shape index (κ2) is 8.02. The molecule has 1 saturated heterocycles. The van der Waals surface area contributed by atoms with Gasteiger partial charge in [-0.05, 0) is 49.7 Å². The molecule has 158 valence electrons. The largest absolute Gasteiger partial charge is 0.368 e. The third kappa shape index (κ3) is 3.70. The highest BCUT2D eigenvalue weighted by Gasteiger charge is 2.25. The molecule has 0 spiro atoms. The predicted octanol–water partition coefficient (Wildman–Crippen LogP) is 5.32. The quantitative estimate of drug-likeness (QED) is 0.424. The van der Waals surface area contributed by atoms with Crippen molar-refractivity contribution in [3.63, 3.8) is 0 Å². The van der Waals surface area contributed by atoms with E-state index in [9.17, 15) is 4.79 Å². The minimum atomic E-state index is 0.0997. The van der Waals surface area contributed by atoms with E-state index < -0.39 is 0 Å². The highest BCUT2D eigenvalue weighted by atomic mass is 35.5. The number of carbonyl (C=O) groups excluding carboxylic acids is 1. The summed E-state index contributed by atoms with van der Waals surface area (Å²) in [5.41, 5.74) is 4.30. The Morgan fingerprint density at radius 1 is 1.00 bits per heavy atom. The average Bonchev–Trinajstić information content (AvgIpc) is 3.36. The van der Waals surface area contributed by atoms with Gasteiger partial charge in [0.05, 0.1) is 16.3 Å². The van der Waals surface area contributed by atoms with Crippen LogP contribution in [0.25, 0.3) is 15.9 Å². The lowest BCUT2D eigenvalue weighted by Crippen LogP contribution is -2.48. The first kappa shape index (κ1) is 20.1. The zero-order valence-corrected chi connectivity index (χ0v) is 19.1. The van der Waals surface area contributed by atoms with Crippen molar-refractivity contribution in [3.05, 3.63) is 75.8 Å². The summed E-state index contributed by atoms with van der Waals surface area (Å²) in [6.45, 7) is 7.09. The zero-order valence-electron chi connectivity index (χ0n) is 17.5. The number of carbonyl (C=O) groups is 1. The molecule has 0 radical (unpaired) electrons. The maximum absolute atomic E-state index is 13.3. The Bertz CT molecular complexity index is 1260. The summed E-state index contributed by atoms with van der Waals surface area (Å²) in [5, 5.41) is 6.47. The van der Waals surface area contributed by atoms with E-state index in [1.807, 2.05) is 71.1 Å². The fraction of sp³-hybridized carbons (Fsp3) is 0.250. The third-order valence-corrected chi connectivity index (χ3v) is 7.17. The van der Waals surface area contributed by atoms with Crippen LogP contribution >= 0.6 is 22.9 Å². The van der Waals surface area contributed by atoms with Crippen molar-refractivity contribution in [3.8, 4) is 5.69 Å². The molecule has 0 unspecified atom stereocenters. The molecule has 4 aromatic rings. The van der Waals surface area contributed by atoms with E-state index in [1.165, 1.54) is 16.9 Å². The van der Waals surface area contributed by atoms with Crippen LogP contribution in [0, 0.1) is 13.8 Å². The first-order chi connectivity index (χ1) is 15.0. The molecule has 2 aromatic carbocycles. The predicted molar refractivity (Wildman–Crippen MR) is 128 cm³/mol. The summed E-state index contributed by atoms with van der Waals surface area (Å²) in [4.78, 5) is 19.3. The number of fused-ring (bicyclic) bond motifs is 1. The highest BCUT2D eigenvalue weighted by Crippen LogP contribution is 2.32. The molecule has 0 aliphatic carbocycles. The van der Waals surface area contributed by atoms with Crippen molar-refractivity contribution < 1.29 is 4.79 Å². The number of amides is 1. The van der Waals surface area contributed by atoms with Gasteiger partial charge >= 0.3 is 0 Å². The second-order valence-electron chi connectivity index (χ2n) is 7.87. The van der Waals surface area contributed by atoms with Gasteiger partial charge in [0, 0.05) is 42.3 Å². The van der Waals surface area contributed by atoms with Crippen molar-refractivity contribution in [2.75, 3.05) is 31.1 Å². The summed E-state index contributed by atoms with van der Waals surface area (Å²) in [7, 11) is 0. The second-order valence-corrected chi connectivity index (χ2v) is 9.34. The molecular formula is C24H23ClN4OS. The summed E-state index contributed by atoms with van der Waals surface area (Å²) in [5.74, 6) is 0.0997. The third-order valence-electron chi connectivity index (χ3n) is 5.83. The summed E-state index contributed by atoms with van der Waals surface area (Å²) >= 11 is 7.72. The molecule has 1 amide bonds. The number of para-hydroxylation sites is 1. The average molecular weight is 451 g/mol. The lowest BCUT2D eigenvalue weighted by atomic mass is 10.1. The van der Waals surface area contributed by atoms with Gasteiger partial charge in [-0.2, -0.15) is 5.10 Å². The molecule has 1 aliphatic heterocycles. The fourth-order valence-electron chi connectivity index (χ4n) is 4.13. The summed E-state index contributed by atoms with van der Waals surface area (Å²) in [6, 6.07) is 18.0. The topological polar surface area (TPSA) is 41.4 Å². The SMILES string of the molecule is Cc1ccc(Cl)cc1N1CCN(C(=O)c2cc3c(C)nn(-c4ccccc4)c3s2)CC1. The van der Waals surface area contributed by atoms with Crippen molar-refractivity contribution >= 4 is 44.7 Å². The molecule has 31 heavy (non-hydrogen) atoms. The number of anilines is 1. The van der Waals surface area contributed by atoms with Crippen LogP contribution in [0.4, 0.5) is 5.69 Å². The molecule has 0 bridgehead atoms. The number of thiophene rings is 1. The van der Waals surface area contributed by atoms with Gasteiger partial charge in [0.15, 0.2) is 0 Å². The number of benzene rings is 2. The van der Waals surface area contributed by atoms with Gasteiger partial charge in [-0.25, -0.2) is 4.68 Å². The Morgan fingerprint density at radius 3 is 2.48 bits per heavy atom. The molecule has 5 rings (SSSR count). The van der Waals surface area contributed by atoms with E-state index in [2.05, 4.69) is 16.9 Å². The molecule has 2 aromatic heterocycles. The Kier molecular flexibility index (Phi) is 5.20. The number of hydrogen-bond acceptors (Lipinski definition) is 4. The van der Waals surface area contributed by atoms with Crippen molar-refractivity contribution in [2.24, 2.45) is 0 Å². The van der Waals surface area contributed by atoms with Gasteiger partial charge in [0.25, 0.3) is 5.91 Å². The van der Waals surface area contributed by atoms with Crippen LogP contribution in [0.1, 0.15) is 20.9 Å². The van der Waals surface area contributed by atoms with Crippen LogP contribution in [-0.4, -0.2) is 46.8 Å². The molecule has 3 heterocycles. The van der Waals surface area contributed by atoms with Gasteiger partial charge < -0.3 is 9.80 Å². The normalized spacial score (nSPS) is 14.4. The van der Waals surface area contributed by atoms with Crippen molar-refractivity contribution in [1.82, 2.24) is 14.7 Å². The summed E-state index contributed by atoms with van der Waals surface area (Å²) in [6.07, 6.45) is 0. The van der Waals surface area contributed by atoms with Gasteiger partial charge in [0.2, 0.25) is 0 Å². The molecule has 0 saturated carbocycles. The van der Waals surface area contributed by atoms with Crippen LogP contribution in [0.2, 0.25) is 5.02 Å². The first-order valence-electron chi connectivity index (χ1n) is 10.4. The monoisotopic (exact) mass is 450 g/mol. The van der Waals surface area contributed by atoms with Crippen LogP contribution in [-0.2, 0) is 0 Å². The molecule has 7 heteroatoms. The van der Waals surface area contributed by atoms with E-state index in [1.54, 1.807) is 0 Å². The lowest BCUT2D eigenvalue weighted by molar-refractivity contribution is 0.0751. The van der Waals surface area contributed by atoms with Crippen molar-refractivity contribution in [1.29, 1.82) is 0 Å².